The quantitative estimate of drug-likeness (QED) is 0.337. The minimum atomic E-state index is -1.24. The summed E-state index contributed by atoms with van der Waals surface area (Å²) >= 11 is 7.57. The monoisotopic (exact) mass is 460 g/mol. The number of hydrogen-bond acceptors (Lipinski definition) is 8. The van der Waals surface area contributed by atoms with Crippen LogP contribution in [-0.2, 0) is 9.59 Å². The minimum absolute atomic E-state index is 0. The SMILES string of the molecule is O=C(CS)Nc1ccc(C(=O)[O-])cc1.O=C(CS)Nc1ccc(C(=O)[O-])cc1.[Ca+2]. The second-order valence-electron chi connectivity index (χ2n) is 5.14. The maximum atomic E-state index is 10.9. The van der Waals surface area contributed by atoms with Crippen molar-refractivity contribution in [2.75, 3.05) is 22.1 Å². The van der Waals surface area contributed by atoms with E-state index in [9.17, 15) is 29.4 Å². The van der Waals surface area contributed by atoms with Gasteiger partial charge in [-0.2, -0.15) is 25.3 Å². The van der Waals surface area contributed by atoms with Crippen LogP contribution in [0.5, 0.6) is 0 Å². The molecule has 2 aromatic carbocycles. The molecule has 2 N–H and O–H groups in total. The summed E-state index contributed by atoms with van der Waals surface area (Å²) in [6.07, 6.45) is 0. The molecule has 11 heteroatoms. The zero-order valence-corrected chi connectivity index (χ0v) is 19.1. The van der Waals surface area contributed by atoms with E-state index in [1.165, 1.54) is 48.5 Å². The molecule has 0 aromatic heterocycles. The molecule has 0 aliphatic rings. The summed E-state index contributed by atoms with van der Waals surface area (Å²) in [5.74, 6) is -2.79. The number of carboxylic acid groups (broad SMARTS) is 2. The first-order valence-corrected chi connectivity index (χ1v) is 8.97. The van der Waals surface area contributed by atoms with Crippen molar-refractivity contribution in [2.45, 2.75) is 0 Å². The van der Waals surface area contributed by atoms with Crippen molar-refractivity contribution in [3.63, 3.8) is 0 Å². The van der Waals surface area contributed by atoms with E-state index >= 15 is 0 Å². The number of benzene rings is 2. The molecule has 0 fully saturated rings. The summed E-state index contributed by atoms with van der Waals surface area (Å²) in [6, 6.07) is 11.4. The summed E-state index contributed by atoms with van der Waals surface area (Å²) in [4.78, 5) is 42.5. The molecule has 0 bridgehead atoms. The summed E-state index contributed by atoms with van der Waals surface area (Å²) in [6.45, 7) is 0. The summed E-state index contributed by atoms with van der Waals surface area (Å²) in [5.41, 5.74) is 1.23. The predicted octanol–water partition coefficient (Wildman–Crippen LogP) is -0.544. The first kappa shape index (κ1) is 27.3. The number of carbonyl (C=O) groups excluding carboxylic acids is 4. The minimum Gasteiger partial charge on any atom is -0.545 e. The second kappa shape index (κ2) is 14.3. The van der Waals surface area contributed by atoms with Gasteiger partial charge >= 0.3 is 37.7 Å². The molecule has 2 rings (SSSR count). The Balaban J connectivity index is 0.000000523. The van der Waals surface area contributed by atoms with Crippen LogP contribution in [0.3, 0.4) is 0 Å². The van der Waals surface area contributed by atoms with Crippen molar-refractivity contribution in [3.05, 3.63) is 59.7 Å². The Morgan fingerprint density at radius 1 is 0.655 bits per heavy atom. The maximum Gasteiger partial charge on any atom is 2.00 e. The van der Waals surface area contributed by atoms with E-state index < -0.39 is 11.9 Å². The zero-order chi connectivity index (χ0) is 21.1. The van der Waals surface area contributed by atoms with Crippen LogP contribution in [0.1, 0.15) is 20.7 Å². The Bertz CT molecular complexity index is 773. The first-order chi connectivity index (χ1) is 13.3. The number of hydrogen-bond donors (Lipinski definition) is 4. The van der Waals surface area contributed by atoms with Crippen LogP contribution < -0.4 is 20.8 Å². The van der Waals surface area contributed by atoms with E-state index in [4.69, 9.17) is 0 Å². The van der Waals surface area contributed by atoms with E-state index in [1.807, 2.05) is 0 Å². The topological polar surface area (TPSA) is 138 Å². The van der Waals surface area contributed by atoms with Gasteiger partial charge in [0.15, 0.2) is 0 Å². The van der Waals surface area contributed by atoms with E-state index in [1.54, 1.807) is 0 Å². The maximum absolute atomic E-state index is 10.9. The van der Waals surface area contributed by atoms with Crippen molar-refractivity contribution >= 4 is 98.1 Å². The summed E-state index contributed by atoms with van der Waals surface area (Å²) < 4.78 is 0. The predicted molar refractivity (Wildman–Crippen MR) is 112 cm³/mol. The van der Waals surface area contributed by atoms with Gasteiger partial charge in [-0.25, -0.2) is 0 Å². The third kappa shape index (κ3) is 10.6. The van der Waals surface area contributed by atoms with Crippen LogP contribution in [0.2, 0.25) is 0 Å². The second-order valence-corrected chi connectivity index (χ2v) is 5.77. The zero-order valence-electron chi connectivity index (χ0n) is 15.1. The number of nitrogens with one attached hydrogen (secondary N) is 2. The van der Waals surface area contributed by atoms with E-state index in [0.29, 0.717) is 11.4 Å². The largest absolute Gasteiger partial charge is 2.00 e. The van der Waals surface area contributed by atoms with Crippen molar-refractivity contribution < 1.29 is 29.4 Å². The Morgan fingerprint density at radius 2 is 0.931 bits per heavy atom. The molecule has 2 aromatic rings. The molecular weight excluding hydrogens is 444 g/mol. The van der Waals surface area contributed by atoms with Crippen LogP contribution >= 0.6 is 25.3 Å². The molecule has 29 heavy (non-hydrogen) atoms. The summed E-state index contributed by atoms with van der Waals surface area (Å²) in [5, 5.41) is 25.8. The number of carbonyl (C=O) groups is 4. The molecular formula is C18H16CaN2O6S2. The van der Waals surface area contributed by atoms with Crippen LogP contribution in [0.25, 0.3) is 0 Å². The van der Waals surface area contributed by atoms with E-state index in [0.717, 1.165) is 0 Å². The molecule has 0 saturated heterocycles. The molecule has 0 unspecified atom stereocenters. The molecule has 0 aliphatic heterocycles. The molecule has 8 nitrogen and oxygen atoms in total. The van der Waals surface area contributed by atoms with Crippen LogP contribution in [0.15, 0.2) is 48.5 Å². The summed E-state index contributed by atoms with van der Waals surface area (Å²) in [7, 11) is 0. The molecule has 0 aliphatic carbocycles. The van der Waals surface area contributed by atoms with Crippen molar-refractivity contribution in [2.24, 2.45) is 0 Å². The fourth-order valence-electron chi connectivity index (χ4n) is 1.78. The van der Waals surface area contributed by atoms with Gasteiger partial charge in [0.2, 0.25) is 11.8 Å². The van der Waals surface area contributed by atoms with Crippen molar-refractivity contribution in [1.82, 2.24) is 0 Å². The van der Waals surface area contributed by atoms with Crippen molar-refractivity contribution in [1.29, 1.82) is 0 Å². The van der Waals surface area contributed by atoms with Gasteiger partial charge in [-0.3, -0.25) is 9.59 Å². The molecule has 0 saturated carbocycles. The Hall–Kier alpha value is -1.72. The first-order valence-electron chi connectivity index (χ1n) is 7.71. The van der Waals surface area contributed by atoms with Gasteiger partial charge in [-0.15, -0.1) is 0 Å². The molecule has 0 radical (unpaired) electrons. The van der Waals surface area contributed by atoms with Gasteiger partial charge in [-0.1, -0.05) is 24.3 Å². The third-order valence-electron chi connectivity index (χ3n) is 3.10. The van der Waals surface area contributed by atoms with Crippen LogP contribution in [0.4, 0.5) is 11.4 Å². The number of amides is 2. The smallest absolute Gasteiger partial charge is 0.545 e. The van der Waals surface area contributed by atoms with Gasteiger partial charge in [0.05, 0.1) is 23.4 Å². The van der Waals surface area contributed by atoms with Gasteiger partial charge in [0.1, 0.15) is 0 Å². The fraction of sp³-hybridized carbons (Fsp3) is 0.111. The Kier molecular flexibility index (Phi) is 13.4. The number of thiol groups is 2. The van der Waals surface area contributed by atoms with E-state index in [-0.39, 0.29) is 72.2 Å². The third-order valence-corrected chi connectivity index (χ3v) is 3.67. The van der Waals surface area contributed by atoms with Gasteiger partial charge in [0.25, 0.3) is 0 Å². The molecule has 2 amide bonds. The van der Waals surface area contributed by atoms with Gasteiger partial charge < -0.3 is 30.4 Å². The van der Waals surface area contributed by atoms with E-state index in [2.05, 4.69) is 35.9 Å². The number of anilines is 2. The fourth-order valence-corrected chi connectivity index (χ4v) is 1.94. The average Bonchev–Trinajstić information content (AvgIpc) is 2.69. The Morgan fingerprint density at radius 3 is 1.14 bits per heavy atom. The van der Waals surface area contributed by atoms with Gasteiger partial charge in [0, 0.05) is 11.4 Å². The average molecular weight is 461 g/mol. The van der Waals surface area contributed by atoms with Crippen LogP contribution in [-0.4, -0.2) is 73.0 Å². The van der Waals surface area contributed by atoms with Gasteiger partial charge in [-0.05, 0) is 35.4 Å². The van der Waals surface area contributed by atoms with Crippen LogP contribution in [0, 0.1) is 0 Å². The Labute approximate surface area is 207 Å². The molecule has 148 valence electrons. The standard InChI is InChI=1S/2C9H9NO3S.Ca/c2*11-8(5-14)10-7-3-1-6(2-4-7)9(12)13;/h2*1-4,14H,5H2,(H,10,11)(H,12,13);/q;;+2/p-2. The number of rotatable bonds is 6. The van der Waals surface area contributed by atoms with Crippen molar-refractivity contribution in [3.8, 4) is 0 Å². The number of carboxylic acids is 2. The number of aromatic carboxylic acids is 2. The molecule has 0 heterocycles. The molecule has 0 atom stereocenters. The molecule has 0 spiro atoms. The normalized spacial score (nSPS) is 9.17.